The Morgan fingerprint density at radius 1 is 1.22 bits per heavy atom. The van der Waals surface area contributed by atoms with Crippen LogP contribution in [0.5, 0.6) is 11.5 Å². The minimum Gasteiger partial charge on any atom is -0.507 e. The number of amides is 1. The monoisotopic (exact) mass is 255 g/mol. The van der Waals surface area contributed by atoms with Crippen LogP contribution in [0.4, 0.5) is 0 Å². The van der Waals surface area contributed by atoms with E-state index in [-0.39, 0.29) is 17.1 Å². The van der Waals surface area contributed by atoms with E-state index in [2.05, 4.69) is 5.32 Å². The molecule has 0 aliphatic carbocycles. The number of aromatic hydroxyl groups is 2. The summed E-state index contributed by atoms with van der Waals surface area (Å²) in [5.41, 5.74) is -0.171. The third kappa shape index (κ3) is 3.12. The van der Waals surface area contributed by atoms with Crippen molar-refractivity contribution in [1.82, 2.24) is 5.32 Å². The molecule has 0 spiro atoms. The molecule has 6 nitrogen and oxygen atoms in total. The zero-order valence-corrected chi connectivity index (χ0v) is 10.5. The van der Waals surface area contributed by atoms with Gasteiger partial charge in [-0.2, -0.15) is 0 Å². The van der Waals surface area contributed by atoms with Gasteiger partial charge in [-0.05, 0) is 19.1 Å². The van der Waals surface area contributed by atoms with Crippen molar-refractivity contribution in [2.24, 2.45) is 0 Å². The highest BCUT2D eigenvalue weighted by molar-refractivity contribution is 5.99. The molecule has 0 saturated heterocycles. The Bertz CT molecular complexity index is 397. The number of phenols is 2. The van der Waals surface area contributed by atoms with Crippen LogP contribution in [0.25, 0.3) is 0 Å². The number of carbonyl (C=O) groups excluding carboxylic acids is 1. The molecule has 1 rings (SSSR count). The summed E-state index contributed by atoms with van der Waals surface area (Å²) in [5, 5.41) is 21.7. The lowest BCUT2D eigenvalue weighted by atomic mass is 10.1. The number of carbonyl (C=O) groups is 1. The van der Waals surface area contributed by atoms with Crippen LogP contribution < -0.4 is 5.32 Å². The largest absolute Gasteiger partial charge is 0.507 e. The minimum absolute atomic E-state index is 0.171. The molecule has 0 heterocycles. The summed E-state index contributed by atoms with van der Waals surface area (Å²) in [6, 6.07) is 3.65. The highest BCUT2D eigenvalue weighted by atomic mass is 16.7. The van der Waals surface area contributed by atoms with E-state index < -0.39 is 18.2 Å². The van der Waals surface area contributed by atoms with E-state index >= 15 is 0 Å². The predicted molar refractivity (Wildman–Crippen MR) is 64.5 cm³/mol. The molecule has 1 aromatic carbocycles. The van der Waals surface area contributed by atoms with E-state index in [1.54, 1.807) is 6.92 Å². The number of rotatable bonds is 5. The fourth-order valence-corrected chi connectivity index (χ4v) is 1.61. The van der Waals surface area contributed by atoms with Crippen LogP contribution in [-0.4, -0.2) is 42.7 Å². The number of nitrogens with one attached hydrogen (secondary N) is 1. The van der Waals surface area contributed by atoms with Gasteiger partial charge in [0, 0.05) is 14.2 Å². The van der Waals surface area contributed by atoms with Crippen LogP contribution in [-0.2, 0) is 9.47 Å². The standard InChI is InChI=1S/C12H17NO5/c1-7(12(17-2)18-3)13-11(16)10-8(14)5-4-6-9(10)15/h4-7,12,14-15H,1-3H3,(H,13,16). The van der Waals surface area contributed by atoms with Gasteiger partial charge in [-0.25, -0.2) is 0 Å². The second-order valence-electron chi connectivity index (χ2n) is 3.77. The van der Waals surface area contributed by atoms with Gasteiger partial charge in [0.1, 0.15) is 17.1 Å². The van der Waals surface area contributed by atoms with E-state index in [9.17, 15) is 15.0 Å². The van der Waals surface area contributed by atoms with Gasteiger partial charge < -0.3 is 25.0 Å². The first kappa shape index (κ1) is 14.3. The van der Waals surface area contributed by atoms with Crippen LogP contribution in [0.3, 0.4) is 0 Å². The smallest absolute Gasteiger partial charge is 0.259 e. The SMILES string of the molecule is COC(OC)C(C)NC(=O)c1c(O)cccc1O. The minimum atomic E-state index is -0.609. The van der Waals surface area contributed by atoms with Crippen LogP contribution in [0.1, 0.15) is 17.3 Å². The van der Waals surface area contributed by atoms with Crippen molar-refractivity contribution in [2.45, 2.75) is 19.3 Å². The molecular weight excluding hydrogens is 238 g/mol. The van der Waals surface area contributed by atoms with Crippen LogP contribution >= 0.6 is 0 Å². The van der Waals surface area contributed by atoms with Crippen molar-refractivity contribution in [2.75, 3.05) is 14.2 Å². The highest BCUT2D eigenvalue weighted by Crippen LogP contribution is 2.26. The van der Waals surface area contributed by atoms with Crippen molar-refractivity contribution in [3.05, 3.63) is 23.8 Å². The molecule has 1 atom stereocenters. The van der Waals surface area contributed by atoms with Crippen LogP contribution in [0, 0.1) is 0 Å². The van der Waals surface area contributed by atoms with Crippen molar-refractivity contribution in [3.63, 3.8) is 0 Å². The Morgan fingerprint density at radius 2 is 1.72 bits per heavy atom. The maximum Gasteiger partial charge on any atom is 0.259 e. The van der Waals surface area contributed by atoms with Crippen molar-refractivity contribution in [3.8, 4) is 11.5 Å². The fourth-order valence-electron chi connectivity index (χ4n) is 1.61. The molecule has 6 heteroatoms. The van der Waals surface area contributed by atoms with Gasteiger partial charge in [0.25, 0.3) is 5.91 Å². The average Bonchev–Trinajstić information content (AvgIpc) is 2.30. The fraction of sp³-hybridized carbons (Fsp3) is 0.417. The van der Waals surface area contributed by atoms with E-state index in [4.69, 9.17) is 9.47 Å². The zero-order valence-electron chi connectivity index (χ0n) is 10.5. The topological polar surface area (TPSA) is 88.0 Å². The summed E-state index contributed by atoms with van der Waals surface area (Å²) in [6.45, 7) is 1.69. The first-order chi connectivity index (χ1) is 8.51. The Labute approximate surface area is 105 Å². The van der Waals surface area contributed by atoms with Gasteiger partial charge in [-0.3, -0.25) is 4.79 Å². The van der Waals surface area contributed by atoms with E-state index in [0.717, 1.165) is 0 Å². The second-order valence-corrected chi connectivity index (χ2v) is 3.77. The third-order valence-corrected chi connectivity index (χ3v) is 2.48. The summed E-state index contributed by atoms with van der Waals surface area (Å²) in [6.07, 6.45) is -0.609. The maximum absolute atomic E-state index is 11.9. The molecule has 0 aliphatic heterocycles. The molecule has 18 heavy (non-hydrogen) atoms. The normalized spacial score (nSPS) is 12.4. The van der Waals surface area contributed by atoms with E-state index in [0.29, 0.717) is 0 Å². The lowest BCUT2D eigenvalue weighted by Gasteiger charge is -2.22. The number of methoxy groups -OCH3 is 2. The van der Waals surface area contributed by atoms with Crippen LogP contribution in [0.2, 0.25) is 0 Å². The molecule has 1 aromatic rings. The molecule has 0 aromatic heterocycles. The lowest BCUT2D eigenvalue weighted by molar-refractivity contribution is -0.117. The second kappa shape index (κ2) is 6.23. The zero-order chi connectivity index (χ0) is 13.7. The van der Waals surface area contributed by atoms with Crippen LogP contribution in [0.15, 0.2) is 18.2 Å². The Morgan fingerprint density at radius 3 is 2.17 bits per heavy atom. The molecule has 1 amide bonds. The van der Waals surface area contributed by atoms with E-state index in [1.807, 2.05) is 0 Å². The van der Waals surface area contributed by atoms with Gasteiger partial charge in [0.15, 0.2) is 6.29 Å². The molecule has 100 valence electrons. The van der Waals surface area contributed by atoms with Gasteiger partial charge >= 0.3 is 0 Å². The summed E-state index contributed by atoms with van der Waals surface area (Å²) in [5.74, 6) is -1.17. The first-order valence-electron chi connectivity index (χ1n) is 5.38. The molecule has 0 bridgehead atoms. The lowest BCUT2D eigenvalue weighted by Crippen LogP contribution is -2.42. The summed E-state index contributed by atoms with van der Waals surface area (Å²) >= 11 is 0. The Balaban J connectivity index is 2.83. The molecule has 0 fully saturated rings. The van der Waals surface area contributed by atoms with Crippen molar-refractivity contribution >= 4 is 5.91 Å². The number of benzene rings is 1. The summed E-state index contributed by atoms with van der Waals surface area (Å²) in [4.78, 5) is 11.9. The van der Waals surface area contributed by atoms with Crippen molar-refractivity contribution in [1.29, 1.82) is 0 Å². The molecule has 0 aliphatic rings. The Kier molecular flexibility index (Phi) is 4.94. The predicted octanol–water partition coefficient (Wildman–Crippen LogP) is 0.835. The number of phenolic OH excluding ortho intramolecular Hbond substituents is 2. The number of hydrogen-bond donors (Lipinski definition) is 3. The number of hydrogen-bond acceptors (Lipinski definition) is 5. The van der Waals surface area contributed by atoms with Crippen molar-refractivity contribution < 1.29 is 24.5 Å². The average molecular weight is 255 g/mol. The molecule has 0 saturated carbocycles. The van der Waals surface area contributed by atoms with Gasteiger partial charge in [-0.15, -0.1) is 0 Å². The maximum atomic E-state index is 11.9. The Hall–Kier alpha value is -1.79. The van der Waals surface area contributed by atoms with E-state index in [1.165, 1.54) is 32.4 Å². The highest BCUT2D eigenvalue weighted by Gasteiger charge is 2.22. The molecule has 1 unspecified atom stereocenters. The van der Waals surface area contributed by atoms with Gasteiger partial charge in [0.05, 0.1) is 6.04 Å². The third-order valence-electron chi connectivity index (χ3n) is 2.48. The quantitative estimate of drug-likeness (QED) is 0.678. The summed E-state index contributed by atoms with van der Waals surface area (Å²) < 4.78 is 9.99. The molecule has 3 N–H and O–H groups in total. The first-order valence-corrected chi connectivity index (χ1v) is 5.38. The molecular formula is C12H17NO5. The van der Waals surface area contributed by atoms with Gasteiger partial charge in [-0.1, -0.05) is 6.07 Å². The molecule has 0 radical (unpaired) electrons. The number of ether oxygens (including phenoxy) is 2. The summed E-state index contributed by atoms with van der Waals surface area (Å²) in [7, 11) is 2.91. The van der Waals surface area contributed by atoms with Gasteiger partial charge in [0.2, 0.25) is 0 Å².